The molecule has 2 unspecified atom stereocenters. The number of hydrogen-bond donors (Lipinski definition) is 2. The highest BCUT2D eigenvalue weighted by Gasteiger charge is 2.28. The first kappa shape index (κ1) is 13.3. The first-order valence-electron chi connectivity index (χ1n) is 6.54. The smallest absolute Gasteiger partial charge is 0.242 e. The normalized spacial score (nSPS) is 20.5. The van der Waals surface area contributed by atoms with E-state index in [1.807, 2.05) is 30.3 Å². The summed E-state index contributed by atoms with van der Waals surface area (Å²) < 4.78 is 0. The van der Waals surface area contributed by atoms with Crippen molar-refractivity contribution in [1.82, 2.24) is 5.32 Å². The van der Waals surface area contributed by atoms with E-state index in [0.29, 0.717) is 18.1 Å². The van der Waals surface area contributed by atoms with E-state index in [1.165, 1.54) is 12.7 Å². The van der Waals surface area contributed by atoms with Crippen LogP contribution < -0.4 is 11.1 Å². The zero-order valence-corrected chi connectivity index (χ0v) is 11.2. The molecule has 3 N–H and O–H groups in total. The number of carbonyl (C=O) groups is 1. The van der Waals surface area contributed by atoms with Crippen LogP contribution in [0.5, 0.6) is 0 Å². The van der Waals surface area contributed by atoms with Crippen molar-refractivity contribution in [3.63, 3.8) is 0 Å². The van der Waals surface area contributed by atoms with Gasteiger partial charge in [-0.1, -0.05) is 30.3 Å². The molecule has 0 spiro atoms. The Labute approximate surface area is 121 Å². The van der Waals surface area contributed by atoms with Crippen molar-refractivity contribution in [2.45, 2.75) is 18.5 Å². The van der Waals surface area contributed by atoms with Crippen LogP contribution in [-0.4, -0.2) is 42.3 Å². The highest BCUT2D eigenvalue weighted by molar-refractivity contribution is 6.22. The van der Waals surface area contributed by atoms with E-state index in [-0.39, 0.29) is 5.91 Å². The van der Waals surface area contributed by atoms with Gasteiger partial charge in [0.25, 0.3) is 0 Å². The van der Waals surface area contributed by atoms with Crippen LogP contribution in [0.15, 0.2) is 50.3 Å². The van der Waals surface area contributed by atoms with Crippen molar-refractivity contribution in [2.24, 2.45) is 25.7 Å². The molecule has 0 saturated carbocycles. The number of hydrogen-bond acceptors (Lipinski definition) is 6. The average Bonchev–Trinajstić information content (AvgIpc) is 2.98. The predicted octanol–water partition coefficient (Wildman–Crippen LogP) is -0.0780. The molecule has 0 saturated heterocycles. The third kappa shape index (κ3) is 2.92. The maximum Gasteiger partial charge on any atom is 0.242 e. The number of nitrogens with zero attached hydrogens (tertiary/aromatic N) is 4. The highest BCUT2D eigenvalue weighted by atomic mass is 16.2. The van der Waals surface area contributed by atoms with Crippen LogP contribution in [-0.2, 0) is 11.2 Å². The number of aliphatic imine (C=N–C) groups is 4. The molecule has 0 aromatic heterocycles. The average molecular weight is 282 g/mol. The highest BCUT2D eigenvalue weighted by Crippen LogP contribution is 2.08. The van der Waals surface area contributed by atoms with Crippen LogP contribution in [0.4, 0.5) is 0 Å². The number of amidine groups is 2. The second-order valence-corrected chi connectivity index (χ2v) is 4.70. The van der Waals surface area contributed by atoms with E-state index < -0.39 is 12.1 Å². The largest absolute Gasteiger partial charge is 0.320 e. The van der Waals surface area contributed by atoms with Gasteiger partial charge in [0.2, 0.25) is 5.91 Å². The SMILES string of the molecule is NC(Cc1ccccc1)C(=O)NC1=NC=NC2=NC=NC21. The Morgan fingerprint density at radius 3 is 2.86 bits per heavy atom. The lowest BCUT2D eigenvalue weighted by molar-refractivity contribution is -0.120. The number of fused-ring (bicyclic) bond motifs is 1. The maximum atomic E-state index is 12.2. The van der Waals surface area contributed by atoms with Crippen molar-refractivity contribution in [3.8, 4) is 0 Å². The Morgan fingerprint density at radius 1 is 1.24 bits per heavy atom. The zero-order chi connectivity index (χ0) is 14.7. The van der Waals surface area contributed by atoms with E-state index in [9.17, 15) is 4.79 Å². The van der Waals surface area contributed by atoms with Crippen LogP contribution in [0, 0.1) is 0 Å². The minimum Gasteiger partial charge on any atom is -0.320 e. The van der Waals surface area contributed by atoms with Crippen LogP contribution >= 0.6 is 0 Å². The number of nitrogens with two attached hydrogens (primary N) is 1. The first-order valence-corrected chi connectivity index (χ1v) is 6.54. The summed E-state index contributed by atoms with van der Waals surface area (Å²) in [7, 11) is 0. The summed E-state index contributed by atoms with van der Waals surface area (Å²) in [4.78, 5) is 28.3. The van der Waals surface area contributed by atoms with E-state index in [4.69, 9.17) is 5.73 Å². The standard InChI is InChI=1S/C14H14N6O/c15-10(6-9-4-2-1-3-5-9)14(21)20-13-11-12(17-7-16-11)18-8-19-13/h1-5,7-8,10-11H,6,15H2,(H,16,17,18,19,20,21). The summed E-state index contributed by atoms with van der Waals surface area (Å²) in [5.74, 6) is 0.636. The monoisotopic (exact) mass is 282 g/mol. The summed E-state index contributed by atoms with van der Waals surface area (Å²) in [5, 5.41) is 2.71. The molecular formula is C14H14N6O. The van der Waals surface area contributed by atoms with Gasteiger partial charge in [-0.25, -0.2) is 15.0 Å². The number of carbonyl (C=O) groups excluding carboxylic acids is 1. The van der Waals surface area contributed by atoms with E-state index in [2.05, 4.69) is 25.3 Å². The molecule has 7 nitrogen and oxygen atoms in total. The van der Waals surface area contributed by atoms with Crippen molar-refractivity contribution >= 4 is 30.3 Å². The Morgan fingerprint density at radius 2 is 2.05 bits per heavy atom. The molecule has 1 aromatic rings. The zero-order valence-electron chi connectivity index (χ0n) is 11.2. The molecule has 2 aliphatic heterocycles. The quantitative estimate of drug-likeness (QED) is 0.809. The lowest BCUT2D eigenvalue weighted by Gasteiger charge is -2.17. The molecule has 21 heavy (non-hydrogen) atoms. The van der Waals surface area contributed by atoms with Crippen molar-refractivity contribution in [3.05, 3.63) is 35.9 Å². The van der Waals surface area contributed by atoms with Crippen LogP contribution in [0.25, 0.3) is 0 Å². The van der Waals surface area contributed by atoms with Crippen molar-refractivity contribution in [1.29, 1.82) is 0 Å². The van der Waals surface area contributed by atoms with Gasteiger partial charge < -0.3 is 11.1 Å². The maximum absolute atomic E-state index is 12.2. The van der Waals surface area contributed by atoms with Crippen molar-refractivity contribution in [2.75, 3.05) is 0 Å². The first-order chi connectivity index (χ1) is 10.2. The minimum absolute atomic E-state index is 0.297. The van der Waals surface area contributed by atoms with Gasteiger partial charge in [-0.3, -0.25) is 9.79 Å². The van der Waals surface area contributed by atoms with Crippen LogP contribution in [0.2, 0.25) is 0 Å². The van der Waals surface area contributed by atoms with Gasteiger partial charge in [0.1, 0.15) is 18.5 Å². The number of benzene rings is 1. The lowest BCUT2D eigenvalue weighted by Crippen LogP contribution is -2.49. The third-order valence-corrected chi connectivity index (χ3v) is 3.18. The Hall–Kier alpha value is -2.67. The third-order valence-electron chi connectivity index (χ3n) is 3.18. The van der Waals surface area contributed by atoms with Crippen LogP contribution in [0.1, 0.15) is 5.56 Å². The molecule has 2 atom stereocenters. The van der Waals surface area contributed by atoms with E-state index in [1.54, 1.807) is 0 Å². The molecule has 0 aliphatic carbocycles. The van der Waals surface area contributed by atoms with Crippen molar-refractivity contribution < 1.29 is 4.79 Å². The second-order valence-electron chi connectivity index (χ2n) is 4.70. The summed E-state index contributed by atoms with van der Waals surface area (Å²) in [6.45, 7) is 0. The fraction of sp³-hybridized carbons (Fsp3) is 0.214. The molecule has 0 bridgehead atoms. The molecule has 106 valence electrons. The Bertz CT molecular complexity index is 661. The predicted molar refractivity (Wildman–Crippen MR) is 81.9 cm³/mol. The van der Waals surface area contributed by atoms with Gasteiger partial charge in [-0.2, -0.15) is 0 Å². The van der Waals surface area contributed by atoms with E-state index in [0.717, 1.165) is 5.56 Å². The summed E-state index contributed by atoms with van der Waals surface area (Å²) in [6.07, 6.45) is 3.22. The Balaban J connectivity index is 1.64. The topological polar surface area (TPSA) is 105 Å². The number of amides is 1. The molecule has 2 aliphatic rings. The van der Waals surface area contributed by atoms with Gasteiger partial charge in [-0.05, 0) is 12.0 Å². The molecule has 1 aromatic carbocycles. The van der Waals surface area contributed by atoms with Gasteiger partial charge in [0.05, 0.1) is 6.04 Å². The van der Waals surface area contributed by atoms with Crippen LogP contribution in [0.3, 0.4) is 0 Å². The lowest BCUT2D eigenvalue weighted by atomic mass is 10.1. The summed E-state index contributed by atoms with van der Waals surface area (Å²) in [6, 6.07) is 8.54. The van der Waals surface area contributed by atoms with Gasteiger partial charge in [0, 0.05) is 0 Å². The molecule has 2 heterocycles. The molecule has 3 rings (SSSR count). The molecule has 0 fully saturated rings. The number of nitrogens with one attached hydrogen (secondary N) is 1. The fourth-order valence-corrected chi connectivity index (χ4v) is 2.09. The number of rotatable bonds is 3. The van der Waals surface area contributed by atoms with Gasteiger partial charge >= 0.3 is 0 Å². The van der Waals surface area contributed by atoms with E-state index >= 15 is 0 Å². The molecular weight excluding hydrogens is 268 g/mol. The molecule has 0 radical (unpaired) electrons. The fourth-order valence-electron chi connectivity index (χ4n) is 2.09. The summed E-state index contributed by atoms with van der Waals surface area (Å²) >= 11 is 0. The minimum atomic E-state index is -0.653. The Kier molecular flexibility index (Phi) is 3.65. The van der Waals surface area contributed by atoms with Gasteiger partial charge in [-0.15, -0.1) is 0 Å². The summed E-state index contributed by atoms with van der Waals surface area (Å²) in [5.41, 5.74) is 6.94. The molecule has 1 amide bonds. The molecule has 7 heteroatoms. The second kappa shape index (κ2) is 5.76. The van der Waals surface area contributed by atoms with Gasteiger partial charge in [0.15, 0.2) is 11.9 Å².